The average molecular weight is 380 g/mol. The number of nitrogens with one attached hydrogen (secondary N) is 1. The second-order valence-electron chi connectivity index (χ2n) is 5.94. The van der Waals surface area contributed by atoms with Crippen molar-refractivity contribution in [3.63, 3.8) is 0 Å². The van der Waals surface area contributed by atoms with Gasteiger partial charge in [0.15, 0.2) is 0 Å². The molecular formula is C18H16F4N4O. The van der Waals surface area contributed by atoms with E-state index in [1.807, 2.05) is 0 Å². The summed E-state index contributed by atoms with van der Waals surface area (Å²) in [4.78, 5) is 12.6. The molecule has 3 aromatic rings. The van der Waals surface area contributed by atoms with E-state index < -0.39 is 23.6 Å². The number of nitrogens with zero attached hydrogens (tertiary/aromatic N) is 3. The van der Waals surface area contributed by atoms with Crippen LogP contribution in [-0.2, 0) is 6.18 Å². The van der Waals surface area contributed by atoms with E-state index in [0.29, 0.717) is 34.5 Å². The molecule has 27 heavy (non-hydrogen) atoms. The molecule has 0 amide bonds. The van der Waals surface area contributed by atoms with E-state index >= 15 is 0 Å². The van der Waals surface area contributed by atoms with Gasteiger partial charge in [-0.2, -0.15) is 13.2 Å². The largest absolute Gasteiger partial charge is 0.481 e. The molecule has 0 bridgehead atoms. The summed E-state index contributed by atoms with van der Waals surface area (Å²) in [6, 6.07) is 4.03. The van der Waals surface area contributed by atoms with Gasteiger partial charge in [-0.1, -0.05) is 12.1 Å². The minimum absolute atomic E-state index is 0.115. The van der Waals surface area contributed by atoms with Crippen molar-refractivity contribution in [3.8, 4) is 5.88 Å². The molecular weight excluding hydrogens is 364 g/mol. The van der Waals surface area contributed by atoms with Crippen molar-refractivity contribution in [2.24, 2.45) is 0 Å². The summed E-state index contributed by atoms with van der Waals surface area (Å²) >= 11 is 0. The monoisotopic (exact) mass is 380 g/mol. The number of benzene rings is 1. The second kappa shape index (κ2) is 6.98. The highest BCUT2D eigenvalue weighted by Gasteiger charge is 2.35. The number of aromatic nitrogens is 3. The average Bonchev–Trinajstić information content (AvgIpc) is 2.60. The van der Waals surface area contributed by atoms with Gasteiger partial charge in [0.2, 0.25) is 5.88 Å². The van der Waals surface area contributed by atoms with Gasteiger partial charge >= 0.3 is 6.18 Å². The van der Waals surface area contributed by atoms with Crippen molar-refractivity contribution < 1.29 is 22.3 Å². The number of ether oxygens (including phenoxy) is 1. The molecule has 0 saturated heterocycles. The van der Waals surface area contributed by atoms with Gasteiger partial charge in [-0.05, 0) is 19.9 Å². The van der Waals surface area contributed by atoms with E-state index in [4.69, 9.17) is 4.74 Å². The smallest absolute Gasteiger partial charge is 0.419 e. The molecule has 0 radical (unpaired) electrons. The summed E-state index contributed by atoms with van der Waals surface area (Å²) < 4.78 is 58.4. The van der Waals surface area contributed by atoms with Crippen LogP contribution in [0.3, 0.4) is 0 Å². The summed E-state index contributed by atoms with van der Waals surface area (Å²) in [5.74, 6) is -0.188. The quantitative estimate of drug-likeness (QED) is 0.667. The zero-order valence-electron chi connectivity index (χ0n) is 14.7. The third-order valence-electron chi connectivity index (χ3n) is 4.03. The fourth-order valence-corrected chi connectivity index (χ4v) is 2.74. The molecule has 0 aliphatic rings. The first-order valence-electron chi connectivity index (χ1n) is 8.01. The highest BCUT2D eigenvalue weighted by molar-refractivity contribution is 5.89. The molecule has 5 nitrogen and oxygen atoms in total. The van der Waals surface area contributed by atoms with E-state index in [9.17, 15) is 17.6 Å². The zero-order chi connectivity index (χ0) is 19.8. The molecule has 1 N–H and O–H groups in total. The Morgan fingerprint density at radius 2 is 1.93 bits per heavy atom. The summed E-state index contributed by atoms with van der Waals surface area (Å²) in [6.07, 6.45) is -3.26. The van der Waals surface area contributed by atoms with Crippen LogP contribution >= 0.6 is 0 Å². The van der Waals surface area contributed by atoms with Gasteiger partial charge in [0.25, 0.3) is 0 Å². The molecule has 0 saturated carbocycles. The van der Waals surface area contributed by atoms with Crippen LogP contribution in [0.1, 0.15) is 29.9 Å². The lowest BCUT2D eigenvalue weighted by molar-refractivity contribution is -0.140. The summed E-state index contributed by atoms with van der Waals surface area (Å²) in [6.45, 7) is 3.23. The Bertz CT molecular complexity index is 991. The maximum Gasteiger partial charge on any atom is 0.419 e. The highest BCUT2D eigenvalue weighted by Crippen LogP contribution is 2.35. The Balaban J connectivity index is 2.03. The predicted octanol–water partition coefficient (Wildman–Crippen LogP) is 4.67. The van der Waals surface area contributed by atoms with Gasteiger partial charge in [-0.15, -0.1) is 0 Å². The van der Waals surface area contributed by atoms with Crippen molar-refractivity contribution in [1.82, 2.24) is 15.0 Å². The van der Waals surface area contributed by atoms with Gasteiger partial charge in [-0.3, -0.25) is 0 Å². The van der Waals surface area contributed by atoms with Gasteiger partial charge in [0, 0.05) is 17.0 Å². The molecule has 0 aliphatic heterocycles. The van der Waals surface area contributed by atoms with Crippen molar-refractivity contribution >= 4 is 16.7 Å². The third kappa shape index (κ3) is 3.76. The number of anilines is 1. The van der Waals surface area contributed by atoms with Crippen molar-refractivity contribution in [2.45, 2.75) is 26.1 Å². The van der Waals surface area contributed by atoms with E-state index in [1.54, 1.807) is 19.9 Å². The highest BCUT2D eigenvalue weighted by atomic mass is 19.4. The van der Waals surface area contributed by atoms with Gasteiger partial charge in [-0.25, -0.2) is 19.3 Å². The second-order valence-corrected chi connectivity index (χ2v) is 5.94. The number of hydrogen-bond donors (Lipinski definition) is 1. The van der Waals surface area contributed by atoms with Crippen molar-refractivity contribution in [1.29, 1.82) is 0 Å². The van der Waals surface area contributed by atoms with Crippen LogP contribution in [0.4, 0.5) is 23.4 Å². The number of aryl methyl sites for hydroxylation is 1. The zero-order valence-corrected chi connectivity index (χ0v) is 14.7. The standard InChI is InChI=1S/C18H16F4N4O/c1-9(11-5-4-6-13(16(11)19)18(20,21)22)24-17-12-7-15(27-3)23-8-14(12)25-10(2)26-17/h4-9H,1-3H3,(H,24,25,26)/t9-/m1/s1. The number of halogens is 4. The van der Waals surface area contributed by atoms with Crippen LogP contribution in [0.2, 0.25) is 0 Å². The summed E-state index contributed by atoms with van der Waals surface area (Å²) in [7, 11) is 1.46. The Hall–Kier alpha value is -2.97. The van der Waals surface area contributed by atoms with Crippen molar-refractivity contribution in [3.05, 3.63) is 53.2 Å². The lowest BCUT2D eigenvalue weighted by Crippen LogP contribution is -2.15. The van der Waals surface area contributed by atoms with E-state index in [0.717, 1.165) is 0 Å². The maximum absolute atomic E-state index is 14.4. The van der Waals surface area contributed by atoms with Crippen LogP contribution in [0.15, 0.2) is 30.5 Å². The molecule has 0 fully saturated rings. The number of alkyl halides is 3. The van der Waals surface area contributed by atoms with E-state index in [2.05, 4.69) is 20.3 Å². The molecule has 0 unspecified atom stereocenters. The molecule has 2 heterocycles. The Morgan fingerprint density at radius 3 is 2.59 bits per heavy atom. The Labute approximate surface area is 152 Å². The first-order valence-corrected chi connectivity index (χ1v) is 8.01. The maximum atomic E-state index is 14.4. The molecule has 9 heteroatoms. The van der Waals surface area contributed by atoms with E-state index in [-0.39, 0.29) is 5.56 Å². The Kier molecular flexibility index (Phi) is 4.86. The first-order chi connectivity index (χ1) is 12.7. The number of hydrogen-bond acceptors (Lipinski definition) is 5. The first kappa shape index (κ1) is 18.8. The molecule has 2 aromatic heterocycles. The number of fused-ring (bicyclic) bond motifs is 1. The van der Waals surface area contributed by atoms with Gasteiger partial charge in [0.1, 0.15) is 17.5 Å². The fraction of sp³-hybridized carbons (Fsp3) is 0.278. The number of pyridine rings is 1. The Morgan fingerprint density at radius 1 is 1.19 bits per heavy atom. The topological polar surface area (TPSA) is 59.9 Å². The molecule has 0 aliphatic carbocycles. The predicted molar refractivity (Wildman–Crippen MR) is 92.1 cm³/mol. The van der Waals surface area contributed by atoms with Crippen LogP contribution in [-0.4, -0.2) is 22.1 Å². The van der Waals surface area contributed by atoms with Crippen molar-refractivity contribution in [2.75, 3.05) is 12.4 Å². The summed E-state index contributed by atoms with van der Waals surface area (Å²) in [5, 5.41) is 3.53. The molecule has 3 rings (SSSR count). The normalized spacial score (nSPS) is 12.9. The van der Waals surface area contributed by atoms with Crippen LogP contribution < -0.4 is 10.1 Å². The van der Waals surface area contributed by atoms with Crippen LogP contribution in [0.25, 0.3) is 10.9 Å². The lowest BCUT2D eigenvalue weighted by Gasteiger charge is -2.19. The minimum atomic E-state index is -4.77. The van der Waals surface area contributed by atoms with Gasteiger partial charge < -0.3 is 10.1 Å². The number of rotatable bonds is 4. The molecule has 0 spiro atoms. The van der Waals surface area contributed by atoms with E-state index in [1.165, 1.54) is 25.4 Å². The summed E-state index contributed by atoms with van der Waals surface area (Å²) in [5.41, 5.74) is -0.888. The molecule has 1 atom stereocenters. The minimum Gasteiger partial charge on any atom is -0.481 e. The van der Waals surface area contributed by atoms with Gasteiger partial charge in [0.05, 0.1) is 30.4 Å². The lowest BCUT2D eigenvalue weighted by atomic mass is 10.0. The van der Waals surface area contributed by atoms with Crippen LogP contribution in [0, 0.1) is 12.7 Å². The number of methoxy groups -OCH3 is 1. The van der Waals surface area contributed by atoms with Crippen LogP contribution in [0.5, 0.6) is 5.88 Å². The molecule has 142 valence electrons. The molecule has 1 aromatic carbocycles. The SMILES string of the molecule is COc1cc2c(N[C@H](C)c3cccc(C(F)(F)F)c3F)nc(C)nc2cn1. The third-order valence-corrected chi connectivity index (χ3v) is 4.03. The fourth-order valence-electron chi connectivity index (χ4n) is 2.74.